The van der Waals surface area contributed by atoms with Crippen molar-refractivity contribution < 1.29 is 13.9 Å². The maximum absolute atomic E-state index is 13.9. The van der Waals surface area contributed by atoms with Gasteiger partial charge in [0.05, 0.1) is 7.11 Å². The van der Waals surface area contributed by atoms with E-state index in [2.05, 4.69) is 43.7 Å². The van der Waals surface area contributed by atoms with Crippen LogP contribution in [0.1, 0.15) is 24.5 Å². The van der Waals surface area contributed by atoms with E-state index in [4.69, 9.17) is 9.47 Å². The molecule has 9 heteroatoms. The molecule has 0 fully saturated rings. The van der Waals surface area contributed by atoms with Crippen LogP contribution in [0, 0.1) is 5.82 Å². The molecular weight excluding hydrogens is 429 g/mol. The molecular formula is C19H21BrFN5O2. The molecule has 0 atom stereocenters. The molecule has 0 bridgehead atoms. The lowest BCUT2D eigenvalue weighted by Gasteiger charge is -2.17. The van der Waals surface area contributed by atoms with Gasteiger partial charge in [-0.05, 0) is 35.0 Å². The average molecular weight is 450 g/mol. The first-order valence-electron chi connectivity index (χ1n) is 8.85. The fourth-order valence-corrected chi connectivity index (χ4v) is 3.14. The lowest BCUT2D eigenvalue weighted by molar-refractivity contribution is 0.276. The number of aromatic nitrogens is 4. The van der Waals surface area contributed by atoms with Crippen LogP contribution in [0.2, 0.25) is 0 Å². The number of halogens is 2. The highest BCUT2D eigenvalue weighted by molar-refractivity contribution is 9.10. The van der Waals surface area contributed by atoms with Crippen molar-refractivity contribution in [3.05, 3.63) is 57.8 Å². The Morgan fingerprint density at radius 1 is 1.21 bits per heavy atom. The van der Waals surface area contributed by atoms with Crippen LogP contribution in [-0.4, -0.2) is 27.3 Å². The monoisotopic (exact) mass is 449 g/mol. The maximum Gasteiger partial charge on any atom is 0.243 e. The molecule has 0 unspecified atom stereocenters. The first-order valence-corrected chi connectivity index (χ1v) is 9.65. The molecule has 0 amide bonds. The quantitative estimate of drug-likeness (QED) is 0.527. The van der Waals surface area contributed by atoms with Gasteiger partial charge in [0.1, 0.15) is 12.4 Å². The molecule has 3 rings (SSSR count). The molecule has 1 N–H and O–H groups in total. The molecule has 0 spiro atoms. The minimum absolute atomic E-state index is 0.0834. The lowest BCUT2D eigenvalue weighted by Crippen LogP contribution is -2.11. The van der Waals surface area contributed by atoms with Crippen LogP contribution in [0.15, 0.2) is 40.9 Å². The summed E-state index contributed by atoms with van der Waals surface area (Å²) in [4.78, 5) is 0. The number of benzene rings is 2. The molecule has 0 aliphatic heterocycles. The topological polar surface area (TPSA) is 74.1 Å². The minimum Gasteiger partial charge on any atom is -0.493 e. The molecule has 3 aromatic rings. The highest BCUT2D eigenvalue weighted by Crippen LogP contribution is 2.37. The second-order valence-electron chi connectivity index (χ2n) is 6.02. The number of rotatable bonds is 9. The zero-order valence-electron chi connectivity index (χ0n) is 15.7. The van der Waals surface area contributed by atoms with Gasteiger partial charge in [-0.15, -0.1) is 0 Å². The fraction of sp³-hybridized carbons (Fsp3) is 0.316. The number of nitrogens with zero attached hydrogens (tertiary/aromatic N) is 4. The smallest absolute Gasteiger partial charge is 0.243 e. The van der Waals surface area contributed by atoms with Gasteiger partial charge >= 0.3 is 0 Å². The van der Waals surface area contributed by atoms with Crippen LogP contribution in [0.3, 0.4) is 0 Å². The van der Waals surface area contributed by atoms with Crippen molar-refractivity contribution >= 4 is 21.9 Å². The summed E-state index contributed by atoms with van der Waals surface area (Å²) in [6.45, 7) is 3.25. The Bertz CT molecular complexity index is 934. The first-order chi connectivity index (χ1) is 13.6. The third-order valence-electron chi connectivity index (χ3n) is 4.11. The van der Waals surface area contributed by atoms with E-state index in [0.29, 0.717) is 36.1 Å². The van der Waals surface area contributed by atoms with E-state index in [-0.39, 0.29) is 12.4 Å². The van der Waals surface area contributed by atoms with Crippen LogP contribution in [-0.2, 0) is 19.7 Å². The Balaban J connectivity index is 1.83. The van der Waals surface area contributed by atoms with Crippen LogP contribution in [0.4, 0.5) is 10.3 Å². The molecule has 7 nitrogen and oxygen atoms in total. The van der Waals surface area contributed by atoms with Crippen molar-refractivity contribution in [1.29, 1.82) is 0 Å². The SMILES string of the molecule is CCCn1nnnc1NCc1c(Br)ccc(OC)c1OCc1ccccc1F. The molecule has 0 radical (unpaired) electrons. The Labute approximate surface area is 171 Å². The minimum atomic E-state index is -0.310. The van der Waals surface area contributed by atoms with Crippen molar-refractivity contribution in [2.75, 3.05) is 12.4 Å². The normalized spacial score (nSPS) is 10.7. The van der Waals surface area contributed by atoms with Crippen molar-refractivity contribution in [1.82, 2.24) is 20.2 Å². The molecule has 148 valence electrons. The summed E-state index contributed by atoms with van der Waals surface area (Å²) in [7, 11) is 1.57. The standard InChI is InChI=1S/C19H21BrFN5O2/c1-3-10-26-19(23-24-25-26)22-11-14-15(20)8-9-17(27-2)18(14)28-12-13-6-4-5-7-16(13)21/h4-9H,3,10-12H2,1-2H3,(H,22,23,25). The van der Waals surface area contributed by atoms with Crippen molar-refractivity contribution in [2.24, 2.45) is 0 Å². The molecule has 0 aliphatic carbocycles. The van der Waals surface area contributed by atoms with E-state index in [9.17, 15) is 4.39 Å². The maximum atomic E-state index is 13.9. The van der Waals surface area contributed by atoms with Crippen molar-refractivity contribution in [3.8, 4) is 11.5 Å². The number of ether oxygens (including phenoxy) is 2. The Morgan fingerprint density at radius 2 is 2.04 bits per heavy atom. The summed E-state index contributed by atoms with van der Waals surface area (Å²) >= 11 is 3.56. The predicted octanol–water partition coefficient (Wildman–Crippen LogP) is 4.18. The van der Waals surface area contributed by atoms with Gasteiger partial charge in [0, 0.05) is 28.7 Å². The van der Waals surface area contributed by atoms with Gasteiger partial charge in [-0.3, -0.25) is 0 Å². The van der Waals surface area contributed by atoms with E-state index in [1.165, 1.54) is 6.07 Å². The van der Waals surface area contributed by atoms with Gasteiger partial charge in [0.25, 0.3) is 0 Å². The Hall–Kier alpha value is -2.68. The molecule has 0 saturated carbocycles. The predicted molar refractivity (Wildman–Crippen MR) is 107 cm³/mol. The van der Waals surface area contributed by atoms with E-state index in [1.54, 1.807) is 36.1 Å². The zero-order chi connectivity index (χ0) is 19.9. The highest BCUT2D eigenvalue weighted by Gasteiger charge is 2.17. The molecule has 1 aromatic heterocycles. The third-order valence-corrected chi connectivity index (χ3v) is 4.85. The molecule has 2 aromatic carbocycles. The summed E-state index contributed by atoms with van der Waals surface area (Å²) in [5.41, 5.74) is 1.29. The molecule has 28 heavy (non-hydrogen) atoms. The number of nitrogens with one attached hydrogen (secondary N) is 1. The van der Waals surface area contributed by atoms with Crippen molar-refractivity contribution in [3.63, 3.8) is 0 Å². The van der Waals surface area contributed by atoms with Gasteiger partial charge in [-0.25, -0.2) is 9.07 Å². The Kier molecular flexibility index (Phi) is 6.80. The summed E-state index contributed by atoms with van der Waals surface area (Å²) in [6.07, 6.45) is 0.916. The third kappa shape index (κ3) is 4.59. The van der Waals surface area contributed by atoms with E-state index >= 15 is 0 Å². The van der Waals surface area contributed by atoms with Gasteiger partial charge in [0.2, 0.25) is 5.95 Å². The highest BCUT2D eigenvalue weighted by atomic mass is 79.9. The fourth-order valence-electron chi connectivity index (χ4n) is 2.69. The summed E-state index contributed by atoms with van der Waals surface area (Å²) in [5.74, 6) is 1.35. The largest absolute Gasteiger partial charge is 0.493 e. The number of aryl methyl sites for hydroxylation is 1. The van der Waals surface area contributed by atoms with E-state index in [1.807, 2.05) is 6.07 Å². The second-order valence-corrected chi connectivity index (χ2v) is 6.87. The summed E-state index contributed by atoms with van der Waals surface area (Å²) < 4.78 is 27.9. The van der Waals surface area contributed by atoms with Crippen LogP contribution < -0.4 is 14.8 Å². The number of hydrogen-bond acceptors (Lipinski definition) is 6. The summed E-state index contributed by atoms with van der Waals surface area (Å²) in [6, 6.07) is 10.2. The van der Waals surface area contributed by atoms with Gasteiger partial charge < -0.3 is 14.8 Å². The summed E-state index contributed by atoms with van der Waals surface area (Å²) in [5, 5.41) is 14.9. The second kappa shape index (κ2) is 9.50. The molecule has 1 heterocycles. The average Bonchev–Trinajstić information content (AvgIpc) is 3.14. The lowest BCUT2D eigenvalue weighted by atomic mass is 10.1. The first kappa shape index (κ1) is 20.1. The van der Waals surface area contributed by atoms with Crippen LogP contribution in [0.25, 0.3) is 0 Å². The van der Waals surface area contributed by atoms with Gasteiger partial charge in [-0.2, -0.15) is 0 Å². The van der Waals surface area contributed by atoms with E-state index in [0.717, 1.165) is 16.5 Å². The number of hydrogen-bond donors (Lipinski definition) is 1. The number of anilines is 1. The number of methoxy groups -OCH3 is 1. The van der Waals surface area contributed by atoms with Gasteiger partial charge in [-0.1, -0.05) is 46.2 Å². The van der Waals surface area contributed by atoms with Crippen LogP contribution >= 0.6 is 15.9 Å². The van der Waals surface area contributed by atoms with Crippen LogP contribution in [0.5, 0.6) is 11.5 Å². The van der Waals surface area contributed by atoms with Crippen molar-refractivity contribution in [2.45, 2.75) is 33.0 Å². The Morgan fingerprint density at radius 3 is 2.79 bits per heavy atom. The number of tetrazole rings is 1. The van der Waals surface area contributed by atoms with E-state index < -0.39 is 0 Å². The molecule has 0 aliphatic rings. The zero-order valence-corrected chi connectivity index (χ0v) is 17.2. The molecule has 0 saturated heterocycles. The van der Waals surface area contributed by atoms with Gasteiger partial charge in [0.15, 0.2) is 11.5 Å².